The number of carbonyl (C=O) groups excluding carboxylic acids is 3. The molecule has 32 heavy (non-hydrogen) atoms. The fourth-order valence-corrected chi connectivity index (χ4v) is 3.01. The lowest BCUT2D eigenvalue weighted by molar-refractivity contribution is -0.142. The van der Waals surface area contributed by atoms with Crippen LogP contribution in [-0.2, 0) is 19.2 Å². The normalized spacial score (nSPS) is 13.7. The zero-order valence-electron chi connectivity index (χ0n) is 19.8. The van der Waals surface area contributed by atoms with E-state index in [0.717, 1.165) is 0 Å². The zero-order valence-corrected chi connectivity index (χ0v) is 19.8. The van der Waals surface area contributed by atoms with Crippen LogP contribution in [0.1, 0.15) is 66.7 Å². The molecule has 0 aliphatic carbocycles. The Kier molecular flexibility index (Phi) is 13.7. The van der Waals surface area contributed by atoms with Crippen molar-refractivity contribution in [3.63, 3.8) is 0 Å². The first kappa shape index (κ1) is 29.1. The van der Waals surface area contributed by atoms with E-state index in [1.807, 2.05) is 27.7 Å². The first-order valence-electron chi connectivity index (χ1n) is 11.1. The molecule has 0 unspecified atom stereocenters. The molecule has 0 bridgehead atoms. The number of amides is 3. The Labute approximate surface area is 190 Å². The highest BCUT2D eigenvalue weighted by atomic mass is 16.4. The monoisotopic (exact) mass is 456 g/mol. The van der Waals surface area contributed by atoms with Crippen LogP contribution in [0.25, 0.3) is 0 Å². The number of hydrogen-bond acceptors (Lipinski definition) is 5. The molecule has 11 heteroatoms. The third-order valence-corrected chi connectivity index (χ3v) is 4.58. The van der Waals surface area contributed by atoms with Gasteiger partial charge in [0.05, 0.1) is 0 Å². The smallest absolute Gasteiger partial charge is 0.326 e. The Morgan fingerprint density at radius 1 is 0.844 bits per heavy atom. The number of rotatable bonds is 15. The van der Waals surface area contributed by atoms with Gasteiger partial charge in [-0.25, -0.2) is 4.79 Å². The molecule has 0 aromatic carbocycles. The van der Waals surface area contributed by atoms with Crippen LogP contribution in [0.5, 0.6) is 0 Å². The van der Waals surface area contributed by atoms with Crippen molar-refractivity contribution in [1.82, 2.24) is 16.0 Å². The third kappa shape index (κ3) is 12.8. The van der Waals surface area contributed by atoms with Gasteiger partial charge in [-0.15, -0.1) is 0 Å². The van der Waals surface area contributed by atoms with E-state index in [-0.39, 0.29) is 43.1 Å². The number of carboxylic acid groups (broad SMARTS) is 1. The molecule has 0 heterocycles. The van der Waals surface area contributed by atoms with E-state index in [2.05, 4.69) is 20.9 Å². The summed E-state index contributed by atoms with van der Waals surface area (Å²) in [6.07, 6.45) is 1.45. The SMILES string of the molecule is CCC(=O)N[C@@H](CC(C)C)C(=O)N[C@@H](CC(C)C)C(=O)N[C@@H](CCCN=C(N)N)C(=O)O. The molecule has 0 spiro atoms. The van der Waals surface area contributed by atoms with Crippen molar-refractivity contribution in [1.29, 1.82) is 0 Å². The van der Waals surface area contributed by atoms with Gasteiger partial charge in [0.15, 0.2) is 5.96 Å². The third-order valence-electron chi connectivity index (χ3n) is 4.58. The summed E-state index contributed by atoms with van der Waals surface area (Å²) in [5.41, 5.74) is 10.5. The van der Waals surface area contributed by atoms with Crippen molar-refractivity contribution in [3.8, 4) is 0 Å². The van der Waals surface area contributed by atoms with E-state index in [1.54, 1.807) is 6.92 Å². The summed E-state index contributed by atoms with van der Waals surface area (Å²) in [6.45, 7) is 9.56. The van der Waals surface area contributed by atoms with Crippen LogP contribution < -0.4 is 27.4 Å². The molecule has 3 atom stereocenters. The molecular weight excluding hydrogens is 416 g/mol. The minimum absolute atomic E-state index is 0.0602. The van der Waals surface area contributed by atoms with E-state index in [0.29, 0.717) is 19.3 Å². The van der Waals surface area contributed by atoms with Gasteiger partial charge in [0.1, 0.15) is 18.1 Å². The number of carbonyl (C=O) groups is 4. The summed E-state index contributed by atoms with van der Waals surface area (Å²) in [4.78, 5) is 52.9. The molecule has 0 aliphatic heterocycles. The maximum Gasteiger partial charge on any atom is 0.326 e. The molecular formula is C21H40N6O5. The van der Waals surface area contributed by atoms with E-state index < -0.39 is 35.9 Å². The largest absolute Gasteiger partial charge is 0.480 e. The molecule has 0 saturated carbocycles. The Bertz CT molecular complexity index is 661. The molecule has 8 N–H and O–H groups in total. The van der Waals surface area contributed by atoms with Crippen molar-refractivity contribution in [3.05, 3.63) is 0 Å². The van der Waals surface area contributed by atoms with E-state index in [4.69, 9.17) is 11.5 Å². The predicted octanol–water partition coefficient (Wildman–Crippen LogP) is 0.0812. The molecule has 0 radical (unpaired) electrons. The molecule has 0 rings (SSSR count). The molecule has 3 amide bonds. The number of nitrogens with two attached hydrogens (primary N) is 2. The second-order valence-corrected chi connectivity index (χ2v) is 8.64. The first-order valence-corrected chi connectivity index (χ1v) is 11.1. The Hall–Kier alpha value is -2.85. The standard InChI is InChI=1S/C21H40N6O5/c1-6-17(28)25-15(10-12(2)3)18(29)27-16(11-13(4)5)19(30)26-14(20(31)32)8-7-9-24-21(22)23/h12-16H,6-11H2,1-5H3,(H,25,28)(H,26,30)(H,27,29)(H,31,32)(H4,22,23,24)/t14-,15-,16-/m0/s1. The van der Waals surface area contributed by atoms with Gasteiger partial charge in [-0.2, -0.15) is 0 Å². The second-order valence-electron chi connectivity index (χ2n) is 8.64. The van der Waals surface area contributed by atoms with Gasteiger partial charge in [-0.05, 0) is 37.5 Å². The van der Waals surface area contributed by atoms with E-state index in [1.165, 1.54) is 0 Å². The summed E-state index contributed by atoms with van der Waals surface area (Å²) < 4.78 is 0. The topological polar surface area (TPSA) is 189 Å². The lowest BCUT2D eigenvalue weighted by Gasteiger charge is -2.26. The van der Waals surface area contributed by atoms with Gasteiger partial charge in [0.2, 0.25) is 17.7 Å². The Balaban J connectivity index is 5.31. The number of nitrogens with one attached hydrogen (secondary N) is 3. The number of guanidine groups is 1. The minimum Gasteiger partial charge on any atom is -0.480 e. The fraction of sp³-hybridized carbons (Fsp3) is 0.762. The molecule has 0 aliphatic rings. The van der Waals surface area contributed by atoms with Gasteiger partial charge in [-0.3, -0.25) is 19.4 Å². The van der Waals surface area contributed by atoms with Gasteiger partial charge >= 0.3 is 5.97 Å². The quantitative estimate of drug-likeness (QED) is 0.114. The number of aliphatic imine (C=N–C) groups is 1. The molecule has 184 valence electrons. The van der Waals surface area contributed by atoms with Crippen molar-refractivity contribution in [2.45, 2.75) is 84.8 Å². The predicted molar refractivity (Wildman–Crippen MR) is 123 cm³/mol. The second kappa shape index (κ2) is 15.0. The van der Waals surface area contributed by atoms with Gasteiger partial charge in [-0.1, -0.05) is 34.6 Å². The minimum atomic E-state index is -1.19. The van der Waals surface area contributed by atoms with Crippen molar-refractivity contribution < 1.29 is 24.3 Å². The maximum atomic E-state index is 12.9. The van der Waals surface area contributed by atoms with Crippen LogP contribution in [-0.4, -0.2) is 59.4 Å². The summed E-state index contributed by atoms with van der Waals surface area (Å²) in [5, 5.41) is 17.3. The summed E-state index contributed by atoms with van der Waals surface area (Å²) in [5.74, 6) is -2.40. The van der Waals surface area contributed by atoms with E-state index in [9.17, 15) is 24.3 Å². The number of carboxylic acids is 1. The zero-order chi connectivity index (χ0) is 24.8. The van der Waals surface area contributed by atoms with Gasteiger partial charge < -0.3 is 32.5 Å². The highest BCUT2D eigenvalue weighted by molar-refractivity contribution is 5.93. The summed E-state index contributed by atoms with van der Waals surface area (Å²) >= 11 is 0. The molecule has 0 aromatic heterocycles. The van der Waals surface area contributed by atoms with Crippen LogP contribution in [0.15, 0.2) is 4.99 Å². The lowest BCUT2D eigenvalue weighted by Crippen LogP contribution is -2.56. The van der Waals surface area contributed by atoms with Gasteiger partial charge in [0.25, 0.3) is 0 Å². The Morgan fingerprint density at radius 2 is 1.31 bits per heavy atom. The highest BCUT2D eigenvalue weighted by Gasteiger charge is 2.30. The highest BCUT2D eigenvalue weighted by Crippen LogP contribution is 2.10. The molecule has 11 nitrogen and oxygen atoms in total. The van der Waals surface area contributed by atoms with Crippen LogP contribution in [0.4, 0.5) is 0 Å². The number of nitrogens with zero attached hydrogens (tertiary/aromatic N) is 1. The lowest BCUT2D eigenvalue weighted by atomic mass is 9.99. The first-order chi connectivity index (χ1) is 14.9. The van der Waals surface area contributed by atoms with Crippen LogP contribution >= 0.6 is 0 Å². The average molecular weight is 457 g/mol. The Morgan fingerprint density at radius 3 is 1.72 bits per heavy atom. The van der Waals surface area contributed by atoms with Crippen molar-refractivity contribution >= 4 is 29.7 Å². The summed E-state index contributed by atoms with van der Waals surface area (Å²) in [7, 11) is 0. The van der Waals surface area contributed by atoms with Crippen LogP contribution in [0, 0.1) is 11.8 Å². The number of hydrogen-bond donors (Lipinski definition) is 6. The molecule has 0 fully saturated rings. The van der Waals surface area contributed by atoms with Crippen molar-refractivity contribution in [2.24, 2.45) is 28.3 Å². The van der Waals surface area contributed by atoms with Crippen LogP contribution in [0.2, 0.25) is 0 Å². The fourth-order valence-electron chi connectivity index (χ4n) is 3.01. The number of aliphatic carboxylic acids is 1. The van der Waals surface area contributed by atoms with Gasteiger partial charge in [0, 0.05) is 13.0 Å². The molecule has 0 aromatic rings. The van der Waals surface area contributed by atoms with Crippen LogP contribution in [0.3, 0.4) is 0 Å². The molecule has 0 saturated heterocycles. The average Bonchev–Trinajstić information content (AvgIpc) is 2.67. The summed E-state index contributed by atoms with van der Waals surface area (Å²) in [6, 6.07) is -2.86. The van der Waals surface area contributed by atoms with E-state index >= 15 is 0 Å². The van der Waals surface area contributed by atoms with Crippen molar-refractivity contribution in [2.75, 3.05) is 6.54 Å². The maximum absolute atomic E-state index is 12.9.